The number of benzene rings is 1. The maximum absolute atomic E-state index is 12.5. The highest BCUT2D eigenvalue weighted by atomic mass is 32.2. The SMILES string of the molecule is CCSCCC(C)N(C)C(=O)c1cccc(OCC(=O)O)c1. The molecule has 6 heteroatoms. The molecule has 0 aliphatic rings. The third kappa shape index (κ3) is 5.97. The van der Waals surface area contributed by atoms with E-state index in [1.54, 1.807) is 36.2 Å². The van der Waals surface area contributed by atoms with E-state index < -0.39 is 12.6 Å². The first-order valence-corrected chi connectivity index (χ1v) is 8.40. The molecule has 0 spiro atoms. The minimum absolute atomic E-state index is 0.0882. The Labute approximate surface area is 135 Å². The van der Waals surface area contributed by atoms with Crippen LogP contribution < -0.4 is 4.74 Å². The van der Waals surface area contributed by atoms with Gasteiger partial charge in [0, 0.05) is 18.7 Å². The van der Waals surface area contributed by atoms with Crippen molar-refractivity contribution in [1.82, 2.24) is 4.90 Å². The lowest BCUT2D eigenvalue weighted by atomic mass is 10.1. The number of hydrogen-bond acceptors (Lipinski definition) is 4. The molecule has 0 radical (unpaired) electrons. The van der Waals surface area contributed by atoms with Gasteiger partial charge >= 0.3 is 5.97 Å². The minimum atomic E-state index is -1.05. The number of carboxylic acid groups (broad SMARTS) is 1. The molecule has 1 unspecified atom stereocenters. The van der Waals surface area contributed by atoms with Gasteiger partial charge in [0.2, 0.25) is 0 Å². The highest BCUT2D eigenvalue weighted by Crippen LogP contribution is 2.17. The van der Waals surface area contributed by atoms with Gasteiger partial charge < -0.3 is 14.7 Å². The normalized spacial score (nSPS) is 11.8. The topological polar surface area (TPSA) is 66.8 Å². The van der Waals surface area contributed by atoms with Crippen molar-refractivity contribution >= 4 is 23.6 Å². The standard InChI is InChI=1S/C16H23NO4S/c1-4-22-9-8-12(2)17(3)16(20)13-6-5-7-14(10-13)21-11-15(18)19/h5-7,10,12H,4,8-9,11H2,1-3H3,(H,18,19). The zero-order chi connectivity index (χ0) is 16.5. The highest BCUT2D eigenvalue weighted by Gasteiger charge is 2.17. The molecule has 0 aliphatic carbocycles. The van der Waals surface area contributed by atoms with E-state index in [1.807, 2.05) is 18.7 Å². The predicted molar refractivity (Wildman–Crippen MR) is 88.7 cm³/mol. The third-order valence-corrected chi connectivity index (χ3v) is 4.24. The summed E-state index contributed by atoms with van der Waals surface area (Å²) in [7, 11) is 1.79. The molecule has 1 atom stereocenters. The van der Waals surface area contributed by atoms with Crippen molar-refractivity contribution in [3.05, 3.63) is 29.8 Å². The van der Waals surface area contributed by atoms with Gasteiger partial charge in [0.1, 0.15) is 5.75 Å². The molecule has 0 aromatic heterocycles. The van der Waals surface area contributed by atoms with Crippen LogP contribution in [0.25, 0.3) is 0 Å². The largest absolute Gasteiger partial charge is 0.482 e. The number of carboxylic acids is 1. The van der Waals surface area contributed by atoms with Gasteiger partial charge in [0.25, 0.3) is 5.91 Å². The molecule has 1 amide bonds. The second kappa shape index (κ2) is 9.35. The summed E-state index contributed by atoms with van der Waals surface area (Å²) in [4.78, 5) is 24.7. The molecule has 0 saturated carbocycles. The second-order valence-electron chi connectivity index (χ2n) is 4.96. The van der Waals surface area contributed by atoms with Crippen molar-refractivity contribution in [3.63, 3.8) is 0 Å². The lowest BCUT2D eigenvalue weighted by molar-refractivity contribution is -0.139. The molecule has 0 aliphatic heterocycles. The molecular formula is C16H23NO4S. The average Bonchev–Trinajstić information content (AvgIpc) is 2.51. The monoisotopic (exact) mass is 325 g/mol. The summed E-state index contributed by atoms with van der Waals surface area (Å²) in [6, 6.07) is 6.77. The number of nitrogens with zero attached hydrogens (tertiary/aromatic N) is 1. The summed E-state index contributed by atoms with van der Waals surface area (Å²) in [5, 5.41) is 8.61. The van der Waals surface area contributed by atoms with Gasteiger partial charge in [-0.1, -0.05) is 13.0 Å². The molecule has 1 N–H and O–H groups in total. The van der Waals surface area contributed by atoms with Crippen molar-refractivity contribution < 1.29 is 19.4 Å². The molecule has 0 saturated heterocycles. The van der Waals surface area contributed by atoms with E-state index in [9.17, 15) is 9.59 Å². The van der Waals surface area contributed by atoms with Gasteiger partial charge in [-0.25, -0.2) is 4.79 Å². The Kier molecular flexibility index (Phi) is 7.80. The molecule has 0 heterocycles. The number of aliphatic carboxylic acids is 1. The molecule has 22 heavy (non-hydrogen) atoms. The lowest BCUT2D eigenvalue weighted by Crippen LogP contribution is -2.35. The zero-order valence-corrected chi connectivity index (χ0v) is 14.1. The fraction of sp³-hybridized carbons (Fsp3) is 0.500. The molecule has 0 bridgehead atoms. The Balaban J connectivity index is 2.67. The molecular weight excluding hydrogens is 302 g/mol. The average molecular weight is 325 g/mol. The first kappa shape index (κ1) is 18.4. The van der Waals surface area contributed by atoms with Crippen LogP contribution in [0.1, 0.15) is 30.6 Å². The maximum Gasteiger partial charge on any atom is 0.341 e. The number of ether oxygens (including phenoxy) is 1. The van der Waals surface area contributed by atoms with Gasteiger partial charge in [0.05, 0.1) is 0 Å². The number of carbonyl (C=O) groups excluding carboxylic acids is 1. The first-order valence-electron chi connectivity index (χ1n) is 7.25. The smallest absolute Gasteiger partial charge is 0.341 e. The summed E-state index contributed by atoms with van der Waals surface area (Å²) in [5.74, 6) is 1.35. The third-order valence-electron chi connectivity index (χ3n) is 3.31. The number of carbonyl (C=O) groups is 2. The number of rotatable bonds is 9. The van der Waals surface area contributed by atoms with Crippen molar-refractivity contribution in [2.45, 2.75) is 26.3 Å². The van der Waals surface area contributed by atoms with Crippen molar-refractivity contribution in [2.75, 3.05) is 25.2 Å². The Bertz CT molecular complexity index is 507. The molecule has 1 rings (SSSR count). The van der Waals surface area contributed by atoms with E-state index in [-0.39, 0.29) is 11.9 Å². The van der Waals surface area contributed by atoms with Crippen LogP contribution in [-0.2, 0) is 4.79 Å². The van der Waals surface area contributed by atoms with Crippen LogP contribution in [-0.4, -0.2) is 53.1 Å². The van der Waals surface area contributed by atoms with Gasteiger partial charge in [-0.15, -0.1) is 0 Å². The van der Waals surface area contributed by atoms with Crippen LogP contribution in [0.2, 0.25) is 0 Å². The second-order valence-corrected chi connectivity index (χ2v) is 6.35. The zero-order valence-electron chi connectivity index (χ0n) is 13.2. The highest BCUT2D eigenvalue weighted by molar-refractivity contribution is 7.99. The van der Waals surface area contributed by atoms with Crippen molar-refractivity contribution in [3.8, 4) is 5.75 Å². The fourth-order valence-electron chi connectivity index (χ4n) is 1.86. The van der Waals surface area contributed by atoms with Crippen molar-refractivity contribution in [2.24, 2.45) is 0 Å². The van der Waals surface area contributed by atoms with Gasteiger partial charge in [0.15, 0.2) is 6.61 Å². The first-order chi connectivity index (χ1) is 10.5. The number of hydrogen-bond donors (Lipinski definition) is 1. The number of thioether (sulfide) groups is 1. The molecule has 1 aromatic rings. The van der Waals surface area contributed by atoms with E-state index in [4.69, 9.17) is 9.84 Å². The maximum atomic E-state index is 12.5. The Morgan fingerprint density at radius 2 is 2.14 bits per heavy atom. The Morgan fingerprint density at radius 3 is 2.77 bits per heavy atom. The lowest BCUT2D eigenvalue weighted by Gasteiger charge is -2.25. The van der Waals surface area contributed by atoms with E-state index in [0.717, 1.165) is 17.9 Å². The predicted octanol–water partition coefficient (Wildman–Crippen LogP) is 2.75. The summed E-state index contributed by atoms with van der Waals surface area (Å²) in [6.45, 7) is 3.73. The molecule has 122 valence electrons. The van der Waals surface area contributed by atoms with Crippen LogP contribution in [0.4, 0.5) is 0 Å². The van der Waals surface area contributed by atoms with Gasteiger partial charge in [-0.05, 0) is 43.0 Å². The number of amides is 1. The van der Waals surface area contributed by atoms with E-state index in [0.29, 0.717) is 11.3 Å². The van der Waals surface area contributed by atoms with E-state index >= 15 is 0 Å². The quantitative estimate of drug-likeness (QED) is 0.707. The van der Waals surface area contributed by atoms with Crippen LogP contribution in [0.3, 0.4) is 0 Å². The van der Waals surface area contributed by atoms with E-state index in [1.165, 1.54) is 0 Å². The van der Waals surface area contributed by atoms with Gasteiger partial charge in [-0.2, -0.15) is 11.8 Å². The molecule has 1 aromatic carbocycles. The van der Waals surface area contributed by atoms with Crippen LogP contribution >= 0.6 is 11.8 Å². The summed E-state index contributed by atoms with van der Waals surface area (Å²) < 4.78 is 5.10. The Morgan fingerprint density at radius 1 is 1.41 bits per heavy atom. The fourth-order valence-corrected chi connectivity index (χ4v) is 2.66. The van der Waals surface area contributed by atoms with Crippen LogP contribution in [0, 0.1) is 0 Å². The van der Waals surface area contributed by atoms with Crippen LogP contribution in [0.15, 0.2) is 24.3 Å². The minimum Gasteiger partial charge on any atom is -0.482 e. The molecule has 0 fully saturated rings. The summed E-state index contributed by atoms with van der Waals surface area (Å²) in [5.41, 5.74) is 0.500. The Hall–Kier alpha value is -1.69. The van der Waals surface area contributed by atoms with Crippen LogP contribution in [0.5, 0.6) is 5.75 Å². The van der Waals surface area contributed by atoms with Crippen molar-refractivity contribution in [1.29, 1.82) is 0 Å². The molecule has 5 nitrogen and oxygen atoms in total. The summed E-state index contributed by atoms with van der Waals surface area (Å²) in [6.07, 6.45) is 0.940. The van der Waals surface area contributed by atoms with E-state index in [2.05, 4.69) is 6.92 Å². The summed E-state index contributed by atoms with van der Waals surface area (Å²) >= 11 is 1.86. The van der Waals surface area contributed by atoms with Gasteiger partial charge in [-0.3, -0.25) is 4.79 Å².